The molecule has 8 nitrogen and oxygen atoms in total. The van der Waals surface area contributed by atoms with Crippen molar-refractivity contribution in [3.05, 3.63) is 35.9 Å². The maximum atomic E-state index is 12.4. The first-order valence-corrected chi connectivity index (χ1v) is 9.47. The van der Waals surface area contributed by atoms with E-state index in [2.05, 4.69) is 26.7 Å². The molecule has 2 saturated heterocycles. The lowest BCUT2D eigenvalue weighted by molar-refractivity contribution is 0.0714. The molecule has 2 aliphatic rings. The van der Waals surface area contributed by atoms with E-state index in [-0.39, 0.29) is 5.91 Å². The van der Waals surface area contributed by atoms with E-state index in [9.17, 15) is 4.79 Å². The largest absolute Gasteiger partial charge is 0.459 e. The van der Waals surface area contributed by atoms with Crippen molar-refractivity contribution in [1.82, 2.24) is 19.8 Å². The normalized spacial score (nSPS) is 18.8. The predicted octanol–water partition coefficient (Wildman–Crippen LogP) is 1.09. The molecule has 0 atom stereocenters. The van der Waals surface area contributed by atoms with E-state index in [0.717, 1.165) is 56.7 Å². The van der Waals surface area contributed by atoms with Gasteiger partial charge in [-0.2, -0.15) is 4.98 Å². The molecule has 4 heterocycles. The summed E-state index contributed by atoms with van der Waals surface area (Å²) >= 11 is 0. The third-order valence-electron chi connectivity index (χ3n) is 5.24. The monoisotopic (exact) mass is 370 g/mol. The van der Waals surface area contributed by atoms with Crippen molar-refractivity contribution in [2.75, 3.05) is 69.2 Å². The molecule has 0 unspecified atom stereocenters. The molecule has 144 valence electrons. The highest BCUT2D eigenvalue weighted by molar-refractivity contribution is 5.91. The van der Waals surface area contributed by atoms with Crippen molar-refractivity contribution >= 4 is 17.7 Å². The highest BCUT2D eigenvalue weighted by Crippen LogP contribution is 2.20. The summed E-state index contributed by atoms with van der Waals surface area (Å²) in [5, 5.41) is 0. The van der Waals surface area contributed by atoms with Gasteiger partial charge in [-0.05, 0) is 26.1 Å². The fraction of sp³-hybridized carbons (Fsp3) is 0.526. The number of anilines is 2. The van der Waals surface area contributed by atoms with Crippen LogP contribution in [-0.2, 0) is 0 Å². The van der Waals surface area contributed by atoms with Gasteiger partial charge >= 0.3 is 0 Å². The molecule has 0 radical (unpaired) electrons. The maximum absolute atomic E-state index is 12.4. The zero-order chi connectivity index (χ0) is 18.8. The molecular weight excluding hydrogens is 344 g/mol. The molecule has 0 N–H and O–H groups in total. The molecule has 0 bridgehead atoms. The summed E-state index contributed by atoms with van der Waals surface area (Å²) in [5.74, 6) is 2.11. The van der Waals surface area contributed by atoms with Gasteiger partial charge in [0.1, 0.15) is 5.82 Å². The van der Waals surface area contributed by atoms with Crippen LogP contribution in [0.5, 0.6) is 0 Å². The minimum atomic E-state index is -0.0448. The van der Waals surface area contributed by atoms with Gasteiger partial charge in [0.2, 0.25) is 5.95 Å². The zero-order valence-corrected chi connectivity index (χ0v) is 16.0. The number of aromatic nitrogens is 2. The van der Waals surface area contributed by atoms with E-state index in [1.807, 2.05) is 17.9 Å². The van der Waals surface area contributed by atoms with Gasteiger partial charge < -0.3 is 24.0 Å². The highest BCUT2D eigenvalue weighted by atomic mass is 16.3. The van der Waals surface area contributed by atoms with Crippen LogP contribution >= 0.6 is 0 Å². The predicted molar refractivity (Wildman–Crippen MR) is 103 cm³/mol. The average Bonchev–Trinajstić information content (AvgIpc) is 3.22. The zero-order valence-electron chi connectivity index (χ0n) is 16.0. The smallest absolute Gasteiger partial charge is 0.289 e. The molecule has 0 aliphatic carbocycles. The van der Waals surface area contributed by atoms with Crippen molar-refractivity contribution in [2.45, 2.75) is 6.92 Å². The number of carbonyl (C=O) groups is 1. The number of hydrogen-bond acceptors (Lipinski definition) is 7. The number of likely N-dealkylation sites (N-methyl/N-ethyl adjacent to an activating group) is 1. The van der Waals surface area contributed by atoms with Crippen LogP contribution in [0, 0.1) is 6.92 Å². The summed E-state index contributed by atoms with van der Waals surface area (Å²) in [6, 6.07) is 5.49. The number of aryl methyl sites for hydroxylation is 1. The van der Waals surface area contributed by atoms with E-state index in [4.69, 9.17) is 9.40 Å². The van der Waals surface area contributed by atoms with Crippen LogP contribution in [0.1, 0.15) is 16.2 Å². The van der Waals surface area contributed by atoms with Gasteiger partial charge in [-0.15, -0.1) is 0 Å². The van der Waals surface area contributed by atoms with Crippen molar-refractivity contribution in [2.24, 2.45) is 0 Å². The molecule has 2 aromatic heterocycles. The van der Waals surface area contributed by atoms with Crippen molar-refractivity contribution in [3.63, 3.8) is 0 Å². The first-order chi connectivity index (χ1) is 13.1. The second kappa shape index (κ2) is 7.56. The van der Waals surface area contributed by atoms with Gasteiger partial charge in [0.25, 0.3) is 5.91 Å². The van der Waals surface area contributed by atoms with Crippen molar-refractivity contribution < 1.29 is 9.21 Å². The molecule has 2 aliphatic heterocycles. The molecule has 0 spiro atoms. The summed E-state index contributed by atoms with van der Waals surface area (Å²) in [6.07, 6.45) is 1.53. The van der Waals surface area contributed by atoms with E-state index in [0.29, 0.717) is 18.8 Å². The average molecular weight is 370 g/mol. The van der Waals surface area contributed by atoms with Crippen LogP contribution in [-0.4, -0.2) is 85.1 Å². The third kappa shape index (κ3) is 3.90. The fourth-order valence-electron chi connectivity index (χ4n) is 3.54. The van der Waals surface area contributed by atoms with Crippen molar-refractivity contribution in [1.29, 1.82) is 0 Å². The number of amides is 1. The Hall–Kier alpha value is -2.61. The Labute approximate surface area is 159 Å². The van der Waals surface area contributed by atoms with Gasteiger partial charge in [-0.25, -0.2) is 4.98 Å². The topological polar surface area (TPSA) is 69.0 Å². The summed E-state index contributed by atoms with van der Waals surface area (Å²) in [6.45, 7) is 8.80. The quantitative estimate of drug-likeness (QED) is 0.801. The minimum Gasteiger partial charge on any atom is -0.459 e. The first-order valence-electron chi connectivity index (χ1n) is 9.47. The molecule has 4 rings (SSSR count). The van der Waals surface area contributed by atoms with Crippen LogP contribution in [0.4, 0.5) is 11.8 Å². The Balaban J connectivity index is 1.43. The Morgan fingerprint density at radius 2 is 1.70 bits per heavy atom. The van der Waals surface area contributed by atoms with Crippen molar-refractivity contribution in [3.8, 4) is 0 Å². The van der Waals surface area contributed by atoms with Gasteiger partial charge in [0.15, 0.2) is 5.76 Å². The molecule has 2 fully saturated rings. The first kappa shape index (κ1) is 17.8. The lowest BCUT2D eigenvalue weighted by Crippen LogP contribution is -2.49. The molecule has 27 heavy (non-hydrogen) atoms. The molecule has 0 saturated carbocycles. The van der Waals surface area contributed by atoms with Crippen LogP contribution in [0.15, 0.2) is 28.9 Å². The summed E-state index contributed by atoms with van der Waals surface area (Å²) in [5.41, 5.74) is 0.975. The van der Waals surface area contributed by atoms with Crippen LogP contribution < -0.4 is 9.80 Å². The molecule has 1 amide bonds. The maximum Gasteiger partial charge on any atom is 0.289 e. The summed E-state index contributed by atoms with van der Waals surface area (Å²) < 4.78 is 5.23. The van der Waals surface area contributed by atoms with Gasteiger partial charge in [0.05, 0.1) is 6.26 Å². The number of piperazine rings is 2. The number of hydrogen-bond donors (Lipinski definition) is 0. The minimum absolute atomic E-state index is 0.0448. The standard InChI is InChI=1S/C19H26N6O2/c1-15-14-17(21-19(20-15)25-7-5-22(2)6-8-25)23-9-11-24(12-10-23)18(26)16-4-3-13-27-16/h3-4,13-14H,5-12H2,1-2H3. The van der Waals surface area contributed by atoms with E-state index in [1.165, 1.54) is 6.26 Å². The van der Waals surface area contributed by atoms with E-state index < -0.39 is 0 Å². The van der Waals surface area contributed by atoms with E-state index in [1.54, 1.807) is 12.1 Å². The van der Waals surface area contributed by atoms with Crippen LogP contribution in [0.2, 0.25) is 0 Å². The summed E-state index contributed by atoms with van der Waals surface area (Å²) in [7, 11) is 2.14. The van der Waals surface area contributed by atoms with Gasteiger partial charge in [-0.3, -0.25) is 4.79 Å². The van der Waals surface area contributed by atoms with Gasteiger partial charge in [-0.1, -0.05) is 0 Å². The van der Waals surface area contributed by atoms with Crippen LogP contribution in [0.25, 0.3) is 0 Å². The number of rotatable bonds is 3. The highest BCUT2D eigenvalue weighted by Gasteiger charge is 2.25. The lowest BCUT2D eigenvalue weighted by Gasteiger charge is -2.36. The summed E-state index contributed by atoms with van der Waals surface area (Å²) in [4.78, 5) is 30.5. The molecule has 2 aromatic rings. The number of nitrogens with zero attached hydrogens (tertiary/aromatic N) is 6. The Morgan fingerprint density at radius 3 is 2.37 bits per heavy atom. The Kier molecular flexibility index (Phi) is 4.98. The van der Waals surface area contributed by atoms with Gasteiger partial charge in [0, 0.05) is 64.1 Å². The molecular formula is C19H26N6O2. The molecule has 0 aromatic carbocycles. The Morgan fingerprint density at radius 1 is 1.00 bits per heavy atom. The second-order valence-corrected chi connectivity index (χ2v) is 7.21. The third-order valence-corrected chi connectivity index (χ3v) is 5.24. The Bertz CT molecular complexity index is 778. The molecule has 8 heteroatoms. The lowest BCUT2D eigenvalue weighted by atomic mass is 10.2. The van der Waals surface area contributed by atoms with Crippen LogP contribution in [0.3, 0.4) is 0 Å². The van der Waals surface area contributed by atoms with E-state index >= 15 is 0 Å². The number of carbonyl (C=O) groups excluding carboxylic acids is 1. The fourth-order valence-corrected chi connectivity index (χ4v) is 3.54. The second-order valence-electron chi connectivity index (χ2n) is 7.21. The SMILES string of the molecule is Cc1cc(N2CCN(C(=O)c3ccco3)CC2)nc(N2CCN(C)CC2)n1. The number of furan rings is 1.